The van der Waals surface area contributed by atoms with Gasteiger partial charge in [-0.05, 0) is 32.9 Å². The Bertz CT molecular complexity index is 377. The first-order chi connectivity index (χ1) is 7.45. The molecule has 88 valence electrons. The summed E-state index contributed by atoms with van der Waals surface area (Å²) in [5.41, 5.74) is 4.94. The van der Waals surface area contributed by atoms with Gasteiger partial charge in [0.2, 0.25) is 0 Å². The largest absolute Gasteiger partial charge is 0.494 e. The zero-order valence-electron chi connectivity index (χ0n) is 9.82. The third kappa shape index (κ3) is 3.38. The van der Waals surface area contributed by atoms with Crippen LogP contribution in [0.1, 0.15) is 20.8 Å². The standard InChI is InChI=1S/C12H17NO2S/c1-4-14-9-6-5-7-10(8-9)15-12(2,3)11(13)16/h5-8H,4H2,1-3H3,(H2,13,16). The highest BCUT2D eigenvalue weighted by atomic mass is 32.1. The maximum atomic E-state index is 5.70. The van der Waals surface area contributed by atoms with E-state index in [0.717, 1.165) is 5.75 Å². The monoisotopic (exact) mass is 239 g/mol. The zero-order valence-corrected chi connectivity index (χ0v) is 10.6. The Kier molecular flexibility index (Phi) is 4.12. The molecule has 1 aromatic rings. The van der Waals surface area contributed by atoms with E-state index >= 15 is 0 Å². The van der Waals surface area contributed by atoms with Gasteiger partial charge < -0.3 is 15.2 Å². The Morgan fingerprint density at radius 3 is 2.56 bits per heavy atom. The molecule has 16 heavy (non-hydrogen) atoms. The summed E-state index contributed by atoms with van der Waals surface area (Å²) in [6, 6.07) is 7.42. The second-order valence-electron chi connectivity index (χ2n) is 3.88. The molecule has 0 atom stereocenters. The highest BCUT2D eigenvalue weighted by molar-refractivity contribution is 7.80. The molecule has 0 heterocycles. The molecule has 4 heteroatoms. The zero-order chi connectivity index (χ0) is 12.2. The van der Waals surface area contributed by atoms with E-state index in [1.54, 1.807) is 0 Å². The summed E-state index contributed by atoms with van der Waals surface area (Å²) in [7, 11) is 0. The molecule has 0 aliphatic heterocycles. The van der Waals surface area contributed by atoms with Crippen molar-refractivity contribution in [3.05, 3.63) is 24.3 Å². The molecule has 0 aliphatic rings. The molecule has 1 aromatic carbocycles. The van der Waals surface area contributed by atoms with Crippen molar-refractivity contribution in [1.82, 2.24) is 0 Å². The summed E-state index contributed by atoms with van der Waals surface area (Å²) in [4.78, 5) is 0.328. The number of benzene rings is 1. The van der Waals surface area contributed by atoms with Crippen LogP contribution in [0.2, 0.25) is 0 Å². The van der Waals surface area contributed by atoms with Gasteiger partial charge in [-0.25, -0.2) is 0 Å². The fourth-order valence-electron chi connectivity index (χ4n) is 1.14. The highest BCUT2D eigenvalue weighted by Gasteiger charge is 2.23. The maximum absolute atomic E-state index is 5.70. The van der Waals surface area contributed by atoms with E-state index < -0.39 is 5.60 Å². The van der Waals surface area contributed by atoms with Crippen molar-refractivity contribution in [3.8, 4) is 11.5 Å². The fraction of sp³-hybridized carbons (Fsp3) is 0.417. The molecule has 0 spiro atoms. The molecule has 1 rings (SSSR count). The third-order valence-corrected chi connectivity index (χ3v) is 2.57. The predicted octanol–water partition coefficient (Wildman–Crippen LogP) is 2.53. The van der Waals surface area contributed by atoms with E-state index in [1.807, 2.05) is 45.0 Å². The van der Waals surface area contributed by atoms with Crippen molar-refractivity contribution < 1.29 is 9.47 Å². The van der Waals surface area contributed by atoms with Crippen LogP contribution in [-0.2, 0) is 0 Å². The van der Waals surface area contributed by atoms with Crippen LogP contribution in [0.4, 0.5) is 0 Å². The summed E-state index contributed by atoms with van der Waals surface area (Å²) >= 11 is 4.94. The van der Waals surface area contributed by atoms with Crippen LogP contribution in [0, 0.1) is 0 Å². The second kappa shape index (κ2) is 5.16. The molecule has 0 amide bonds. The van der Waals surface area contributed by atoms with Crippen LogP contribution >= 0.6 is 12.2 Å². The van der Waals surface area contributed by atoms with E-state index in [4.69, 9.17) is 27.4 Å². The average Bonchev–Trinajstić information content (AvgIpc) is 2.17. The lowest BCUT2D eigenvalue weighted by atomic mass is 10.1. The van der Waals surface area contributed by atoms with E-state index in [-0.39, 0.29) is 0 Å². The Morgan fingerprint density at radius 1 is 1.38 bits per heavy atom. The number of thiocarbonyl (C=S) groups is 1. The lowest BCUT2D eigenvalue weighted by Crippen LogP contribution is -2.42. The number of hydrogen-bond donors (Lipinski definition) is 1. The van der Waals surface area contributed by atoms with Gasteiger partial charge >= 0.3 is 0 Å². The summed E-state index contributed by atoms with van der Waals surface area (Å²) < 4.78 is 11.1. The SMILES string of the molecule is CCOc1cccc(OC(C)(C)C(N)=S)c1. The Labute approximate surface area is 102 Å². The topological polar surface area (TPSA) is 44.5 Å². The molecular weight excluding hydrogens is 222 g/mol. The van der Waals surface area contributed by atoms with Crippen molar-refractivity contribution in [3.63, 3.8) is 0 Å². The van der Waals surface area contributed by atoms with Gasteiger partial charge in [0.05, 0.1) is 6.61 Å². The van der Waals surface area contributed by atoms with Gasteiger partial charge in [-0.1, -0.05) is 18.3 Å². The average molecular weight is 239 g/mol. The summed E-state index contributed by atoms with van der Waals surface area (Å²) in [5, 5.41) is 0. The molecule has 0 radical (unpaired) electrons. The van der Waals surface area contributed by atoms with Gasteiger partial charge in [-0.15, -0.1) is 0 Å². The lowest BCUT2D eigenvalue weighted by molar-refractivity contribution is 0.183. The molecule has 0 saturated carbocycles. The van der Waals surface area contributed by atoms with Crippen molar-refractivity contribution >= 4 is 17.2 Å². The molecule has 0 fully saturated rings. The Balaban J connectivity index is 2.81. The molecule has 0 aromatic heterocycles. The first kappa shape index (κ1) is 12.8. The van der Waals surface area contributed by atoms with Crippen LogP contribution in [0.3, 0.4) is 0 Å². The van der Waals surface area contributed by atoms with Gasteiger partial charge in [-0.2, -0.15) is 0 Å². The molecule has 0 aliphatic carbocycles. The molecule has 0 unspecified atom stereocenters. The summed E-state index contributed by atoms with van der Waals surface area (Å²) in [5.74, 6) is 1.47. The molecular formula is C12H17NO2S. The van der Waals surface area contributed by atoms with Crippen molar-refractivity contribution in [2.45, 2.75) is 26.4 Å². The Hall–Kier alpha value is -1.29. The summed E-state index contributed by atoms with van der Waals surface area (Å²) in [6.45, 7) is 6.24. The molecule has 0 bridgehead atoms. The smallest absolute Gasteiger partial charge is 0.153 e. The van der Waals surface area contributed by atoms with E-state index in [9.17, 15) is 0 Å². The van der Waals surface area contributed by atoms with Crippen molar-refractivity contribution in [2.24, 2.45) is 5.73 Å². The normalized spacial score (nSPS) is 10.9. The van der Waals surface area contributed by atoms with Gasteiger partial charge in [-0.3, -0.25) is 0 Å². The number of rotatable bonds is 5. The van der Waals surface area contributed by atoms with Crippen LogP contribution in [-0.4, -0.2) is 17.2 Å². The first-order valence-corrected chi connectivity index (χ1v) is 5.58. The highest BCUT2D eigenvalue weighted by Crippen LogP contribution is 2.23. The first-order valence-electron chi connectivity index (χ1n) is 5.17. The fourth-order valence-corrected chi connectivity index (χ4v) is 1.18. The lowest BCUT2D eigenvalue weighted by Gasteiger charge is -2.25. The van der Waals surface area contributed by atoms with Gasteiger partial charge in [0.1, 0.15) is 16.5 Å². The van der Waals surface area contributed by atoms with Gasteiger partial charge in [0.15, 0.2) is 5.60 Å². The minimum Gasteiger partial charge on any atom is -0.494 e. The third-order valence-electron chi connectivity index (χ3n) is 2.08. The van der Waals surface area contributed by atoms with Crippen LogP contribution in [0.15, 0.2) is 24.3 Å². The molecule has 0 saturated heterocycles. The molecule has 2 N–H and O–H groups in total. The van der Waals surface area contributed by atoms with Crippen molar-refractivity contribution in [1.29, 1.82) is 0 Å². The van der Waals surface area contributed by atoms with E-state index in [2.05, 4.69) is 0 Å². The Morgan fingerprint density at radius 2 is 2.00 bits per heavy atom. The minimum absolute atomic E-state index is 0.328. The molecule has 3 nitrogen and oxygen atoms in total. The van der Waals surface area contributed by atoms with Gasteiger partial charge in [0.25, 0.3) is 0 Å². The number of ether oxygens (including phenoxy) is 2. The maximum Gasteiger partial charge on any atom is 0.153 e. The number of nitrogens with two attached hydrogens (primary N) is 1. The van der Waals surface area contributed by atoms with Crippen LogP contribution in [0.25, 0.3) is 0 Å². The second-order valence-corrected chi connectivity index (χ2v) is 4.32. The quantitative estimate of drug-likeness (QED) is 0.802. The minimum atomic E-state index is -0.653. The van der Waals surface area contributed by atoms with Crippen LogP contribution in [0.5, 0.6) is 11.5 Å². The number of hydrogen-bond acceptors (Lipinski definition) is 3. The van der Waals surface area contributed by atoms with Crippen LogP contribution < -0.4 is 15.2 Å². The summed E-state index contributed by atoms with van der Waals surface area (Å²) in [6.07, 6.45) is 0. The van der Waals surface area contributed by atoms with Crippen molar-refractivity contribution in [2.75, 3.05) is 6.61 Å². The van der Waals surface area contributed by atoms with E-state index in [0.29, 0.717) is 17.3 Å². The van der Waals surface area contributed by atoms with E-state index in [1.165, 1.54) is 0 Å². The van der Waals surface area contributed by atoms with Gasteiger partial charge in [0, 0.05) is 6.07 Å². The predicted molar refractivity (Wildman–Crippen MR) is 69.1 cm³/mol.